The number of piperidine rings is 1. The van der Waals surface area contributed by atoms with Crippen molar-refractivity contribution in [3.8, 4) is 0 Å². The number of rotatable bonds is 4. The summed E-state index contributed by atoms with van der Waals surface area (Å²) in [6.45, 7) is 1.77. The van der Waals surface area contributed by atoms with Crippen molar-refractivity contribution in [1.29, 1.82) is 0 Å². The Balaban J connectivity index is 1.50. The van der Waals surface area contributed by atoms with E-state index in [1.165, 1.54) is 12.6 Å². The zero-order valence-corrected chi connectivity index (χ0v) is 15.2. The first kappa shape index (κ1) is 16.8. The van der Waals surface area contributed by atoms with E-state index in [1.807, 2.05) is 12.1 Å². The average molecular weight is 372 g/mol. The van der Waals surface area contributed by atoms with Crippen molar-refractivity contribution < 1.29 is 8.42 Å². The van der Waals surface area contributed by atoms with E-state index in [1.54, 1.807) is 18.3 Å². The standard InChI is InChI=1S/C17H20N6O2S/c1-26(24,25)14-6-4-13(5-7-14)23-8-2-3-12(10-23)21-16-15-9-20-22-17(15)19-11-18-16/h4-7,9,11-12H,2-3,8,10H2,1H3,(H2,18,19,20,21,22). The van der Waals surface area contributed by atoms with Crippen LogP contribution in [0.4, 0.5) is 11.5 Å². The summed E-state index contributed by atoms with van der Waals surface area (Å²) in [5.74, 6) is 0.781. The molecule has 0 amide bonds. The lowest BCUT2D eigenvalue weighted by atomic mass is 10.0. The number of aromatic amines is 1. The number of benzene rings is 1. The second kappa shape index (κ2) is 6.56. The van der Waals surface area contributed by atoms with Gasteiger partial charge in [0.25, 0.3) is 0 Å². The van der Waals surface area contributed by atoms with Gasteiger partial charge >= 0.3 is 0 Å². The molecule has 1 atom stereocenters. The molecule has 8 nitrogen and oxygen atoms in total. The number of H-pyrrole nitrogens is 1. The average Bonchev–Trinajstić information content (AvgIpc) is 3.11. The van der Waals surface area contributed by atoms with Crippen LogP contribution in [0.5, 0.6) is 0 Å². The van der Waals surface area contributed by atoms with Gasteiger partial charge in [0.2, 0.25) is 0 Å². The van der Waals surface area contributed by atoms with E-state index in [0.717, 1.165) is 42.8 Å². The summed E-state index contributed by atoms with van der Waals surface area (Å²) < 4.78 is 23.2. The Morgan fingerprint density at radius 1 is 1.23 bits per heavy atom. The van der Waals surface area contributed by atoms with Crippen LogP contribution in [0.3, 0.4) is 0 Å². The van der Waals surface area contributed by atoms with Crippen LogP contribution < -0.4 is 10.2 Å². The fraction of sp³-hybridized carbons (Fsp3) is 0.353. The molecule has 1 aliphatic heterocycles. The van der Waals surface area contributed by atoms with Crippen LogP contribution in [0.25, 0.3) is 11.0 Å². The maximum Gasteiger partial charge on any atom is 0.175 e. The summed E-state index contributed by atoms with van der Waals surface area (Å²) in [5.41, 5.74) is 1.74. The molecule has 136 valence electrons. The second-order valence-electron chi connectivity index (χ2n) is 6.55. The van der Waals surface area contributed by atoms with E-state index in [0.29, 0.717) is 10.5 Å². The van der Waals surface area contributed by atoms with Crippen molar-refractivity contribution in [1.82, 2.24) is 20.2 Å². The van der Waals surface area contributed by atoms with Gasteiger partial charge in [0, 0.05) is 31.1 Å². The Bertz CT molecular complexity index is 1020. The number of hydrogen-bond acceptors (Lipinski definition) is 7. The molecule has 0 aliphatic carbocycles. The molecule has 26 heavy (non-hydrogen) atoms. The van der Waals surface area contributed by atoms with Crippen molar-refractivity contribution in [2.45, 2.75) is 23.8 Å². The van der Waals surface area contributed by atoms with E-state index in [-0.39, 0.29) is 6.04 Å². The highest BCUT2D eigenvalue weighted by Crippen LogP contribution is 2.24. The highest BCUT2D eigenvalue weighted by atomic mass is 32.2. The van der Waals surface area contributed by atoms with Crippen molar-refractivity contribution >= 4 is 32.4 Å². The number of nitrogens with zero attached hydrogens (tertiary/aromatic N) is 4. The van der Waals surface area contributed by atoms with Gasteiger partial charge in [-0.25, -0.2) is 18.4 Å². The fourth-order valence-corrected chi connectivity index (χ4v) is 3.94. The molecule has 0 bridgehead atoms. The molecule has 3 aromatic rings. The molecule has 4 rings (SSSR count). The summed E-state index contributed by atoms with van der Waals surface area (Å²) >= 11 is 0. The molecule has 9 heteroatoms. The van der Waals surface area contributed by atoms with Crippen molar-refractivity contribution in [2.75, 3.05) is 29.6 Å². The first-order chi connectivity index (χ1) is 12.5. The molecule has 2 aromatic heterocycles. The lowest BCUT2D eigenvalue weighted by Crippen LogP contribution is -2.42. The Morgan fingerprint density at radius 3 is 2.81 bits per heavy atom. The maximum atomic E-state index is 11.6. The van der Waals surface area contributed by atoms with Gasteiger partial charge in [0.15, 0.2) is 15.5 Å². The first-order valence-electron chi connectivity index (χ1n) is 8.46. The second-order valence-corrected chi connectivity index (χ2v) is 8.57. The van der Waals surface area contributed by atoms with Gasteiger partial charge in [0.05, 0.1) is 16.5 Å². The number of nitrogens with one attached hydrogen (secondary N) is 2. The Hall–Kier alpha value is -2.68. The summed E-state index contributed by atoms with van der Waals surface area (Å²) in [6, 6.07) is 7.32. The number of sulfone groups is 1. The predicted octanol–water partition coefficient (Wildman–Crippen LogP) is 1.84. The largest absolute Gasteiger partial charge is 0.369 e. The van der Waals surface area contributed by atoms with Gasteiger partial charge < -0.3 is 10.2 Å². The zero-order valence-electron chi connectivity index (χ0n) is 14.4. The molecule has 1 fully saturated rings. The topological polar surface area (TPSA) is 104 Å². The van der Waals surface area contributed by atoms with Crippen LogP contribution in [0.1, 0.15) is 12.8 Å². The minimum atomic E-state index is -3.17. The van der Waals surface area contributed by atoms with Crippen molar-refractivity contribution in [3.63, 3.8) is 0 Å². The minimum Gasteiger partial charge on any atom is -0.369 e. The first-order valence-corrected chi connectivity index (χ1v) is 10.4. The number of anilines is 2. The van der Waals surface area contributed by atoms with Gasteiger partial charge in [-0.1, -0.05) is 0 Å². The third-order valence-electron chi connectivity index (χ3n) is 4.64. The van der Waals surface area contributed by atoms with Crippen LogP contribution in [-0.4, -0.2) is 54.0 Å². The van der Waals surface area contributed by atoms with E-state index >= 15 is 0 Å². The molecule has 1 unspecified atom stereocenters. The van der Waals surface area contributed by atoms with Gasteiger partial charge in [-0.2, -0.15) is 5.10 Å². The third-order valence-corrected chi connectivity index (χ3v) is 5.77. The molecule has 2 N–H and O–H groups in total. The Labute approximate surface area is 151 Å². The van der Waals surface area contributed by atoms with E-state index in [2.05, 4.69) is 30.4 Å². The minimum absolute atomic E-state index is 0.242. The molecule has 3 heterocycles. The lowest BCUT2D eigenvalue weighted by molar-refractivity contribution is 0.529. The smallest absolute Gasteiger partial charge is 0.175 e. The molecule has 0 radical (unpaired) electrons. The Morgan fingerprint density at radius 2 is 2.04 bits per heavy atom. The van der Waals surface area contributed by atoms with Crippen LogP contribution in [-0.2, 0) is 9.84 Å². The molecular formula is C17H20N6O2S. The summed E-state index contributed by atoms with van der Waals surface area (Å²) in [6.07, 6.45) is 6.56. The normalized spacial score (nSPS) is 18.2. The van der Waals surface area contributed by atoms with Gasteiger partial charge in [-0.15, -0.1) is 0 Å². The van der Waals surface area contributed by atoms with E-state index < -0.39 is 9.84 Å². The van der Waals surface area contributed by atoms with E-state index in [9.17, 15) is 8.42 Å². The molecular weight excluding hydrogens is 352 g/mol. The number of hydrogen-bond donors (Lipinski definition) is 2. The quantitative estimate of drug-likeness (QED) is 0.720. The molecule has 1 aromatic carbocycles. The SMILES string of the molecule is CS(=O)(=O)c1ccc(N2CCCC(Nc3ncnc4[nH]ncc34)C2)cc1. The summed E-state index contributed by atoms with van der Waals surface area (Å²) in [5, 5.41) is 11.2. The fourth-order valence-electron chi connectivity index (χ4n) is 3.31. The van der Waals surface area contributed by atoms with Crippen molar-refractivity contribution in [3.05, 3.63) is 36.8 Å². The highest BCUT2D eigenvalue weighted by molar-refractivity contribution is 7.90. The number of aromatic nitrogens is 4. The summed E-state index contributed by atoms with van der Waals surface area (Å²) in [7, 11) is -3.17. The van der Waals surface area contributed by atoms with E-state index in [4.69, 9.17) is 0 Å². The molecule has 1 aliphatic rings. The third kappa shape index (κ3) is 3.34. The van der Waals surface area contributed by atoms with Gasteiger partial charge in [0.1, 0.15) is 12.1 Å². The maximum absolute atomic E-state index is 11.6. The number of fused-ring (bicyclic) bond motifs is 1. The van der Waals surface area contributed by atoms with Gasteiger partial charge in [-0.05, 0) is 37.1 Å². The van der Waals surface area contributed by atoms with Crippen molar-refractivity contribution in [2.24, 2.45) is 0 Å². The molecule has 1 saturated heterocycles. The van der Waals surface area contributed by atoms with Crippen LogP contribution >= 0.6 is 0 Å². The Kier molecular flexibility index (Phi) is 4.23. The predicted molar refractivity (Wildman–Crippen MR) is 100 cm³/mol. The highest BCUT2D eigenvalue weighted by Gasteiger charge is 2.21. The van der Waals surface area contributed by atoms with Crippen LogP contribution in [0.2, 0.25) is 0 Å². The summed E-state index contributed by atoms with van der Waals surface area (Å²) in [4.78, 5) is 11.1. The zero-order chi connectivity index (χ0) is 18.1. The van der Waals surface area contributed by atoms with Crippen LogP contribution in [0, 0.1) is 0 Å². The van der Waals surface area contributed by atoms with Gasteiger partial charge in [-0.3, -0.25) is 5.10 Å². The monoisotopic (exact) mass is 372 g/mol. The van der Waals surface area contributed by atoms with Crippen LogP contribution in [0.15, 0.2) is 41.7 Å². The molecule has 0 saturated carbocycles. The lowest BCUT2D eigenvalue weighted by Gasteiger charge is -2.35. The molecule has 0 spiro atoms.